The van der Waals surface area contributed by atoms with Gasteiger partial charge in [-0.2, -0.15) is 0 Å². The van der Waals surface area contributed by atoms with E-state index in [1.807, 2.05) is 0 Å². The molecule has 6 heteroatoms. The van der Waals surface area contributed by atoms with E-state index >= 15 is 0 Å². The highest BCUT2D eigenvalue weighted by Gasteiger charge is 2.30. The van der Waals surface area contributed by atoms with Crippen molar-refractivity contribution in [1.82, 2.24) is 5.32 Å². The van der Waals surface area contributed by atoms with Crippen LogP contribution in [-0.4, -0.2) is 46.1 Å². The fourth-order valence-corrected chi connectivity index (χ4v) is 3.83. The van der Waals surface area contributed by atoms with Crippen molar-refractivity contribution in [3.8, 4) is 0 Å². The van der Waals surface area contributed by atoms with Gasteiger partial charge in [-0.15, -0.1) is 0 Å². The molecule has 0 spiro atoms. The van der Waals surface area contributed by atoms with Crippen LogP contribution >= 0.6 is 0 Å². The Labute approximate surface area is 103 Å². The Morgan fingerprint density at radius 2 is 2.12 bits per heavy atom. The second-order valence-electron chi connectivity index (χ2n) is 5.28. The molecular weight excluding hydrogens is 242 g/mol. The molecule has 5 nitrogen and oxygen atoms in total. The van der Waals surface area contributed by atoms with Crippen LogP contribution in [-0.2, 0) is 19.4 Å². The molecule has 0 aromatic heterocycles. The molecule has 0 aromatic rings. The Kier molecular flexibility index (Phi) is 4.55. The summed E-state index contributed by atoms with van der Waals surface area (Å²) >= 11 is 0. The quantitative estimate of drug-likeness (QED) is 0.718. The number of rotatable bonds is 5. The van der Waals surface area contributed by atoms with Gasteiger partial charge in [-0.1, -0.05) is 0 Å². The maximum atomic E-state index is 11.4. The highest BCUT2D eigenvalue weighted by Crippen LogP contribution is 2.19. The normalized spacial score (nSPS) is 23.6. The molecule has 17 heavy (non-hydrogen) atoms. The smallest absolute Gasteiger partial charge is 0.312 e. The number of carbonyl (C=O) groups excluding carboxylic acids is 1. The fourth-order valence-electron chi connectivity index (χ4n) is 1.97. The van der Waals surface area contributed by atoms with Crippen LogP contribution in [0.2, 0.25) is 0 Å². The molecule has 0 saturated carbocycles. The Morgan fingerprint density at radius 1 is 1.47 bits per heavy atom. The number of hydrogen-bond donors (Lipinski definition) is 1. The molecule has 0 aliphatic carbocycles. The second kappa shape index (κ2) is 5.35. The van der Waals surface area contributed by atoms with E-state index in [0.717, 1.165) is 0 Å². The molecule has 0 radical (unpaired) electrons. The van der Waals surface area contributed by atoms with Crippen LogP contribution in [0.25, 0.3) is 0 Å². The molecular formula is C11H21NO4S. The number of sulfone groups is 1. The molecule has 1 aliphatic heterocycles. The van der Waals surface area contributed by atoms with E-state index in [1.54, 1.807) is 13.8 Å². The Bertz CT molecular complexity index is 375. The lowest BCUT2D eigenvalue weighted by atomic mass is 9.93. The summed E-state index contributed by atoms with van der Waals surface area (Å²) in [6.07, 6.45) is 0.716. The van der Waals surface area contributed by atoms with Gasteiger partial charge >= 0.3 is 5.97 Å². The molecule has 1 saturated heterocycles. The van der Waals surface area contributed by atoms with E-state index in [4.69, 9.17) is 4.74 Å². The highest BCUT2D eigenvalue weighted by molar-refractivity contribution is 7.91. The molecule has 1 fully saturated rings. The molecule has 1 aliphatic rings. The van der Waals surface area contributed by atoms with Crippen LogP contribution in [0.5, 0.6) is 0 Å². The number of carbonyl (C=O) groups is 1. The summed E-state index contributed by atoms with van der Waals surface area (Å²) < 4.78 is 27.2. The topological polar surface area (TPSA) is 72.5 Å². The summed E-state index contributed by atoms with van der Waals surface area (Å²) in [7, 11) is -1.45. The van der Waals surface area contributed by atoms with Crippen molar-refractivity contribution < 1.29 is 17.9 Å². The zero-order chi connectivity index (χ0) is 13.1. The van der Waals surface area contributed by atoms with Crippen molar-refractivity contribution in [3.05, 3.63) is 0 Å². The average molecular weight is 263 g/mol. The summed E-state index contributed by atoms with van der Waals surface area (Å²) in [5, 5.41) is 3.16. The third kappa shape index (κ3) is 4.27. The molecule has 1 heterocycles. The summed E-state index contributed by atoms with van der Waals surface area (Å²) in [5.74, 6) is 0.468. The van der Waals surface area contributed by atoms with Crippen molar-refractivity contribution in [1.29, 1.82) is 0 Å². The van der Waals surface area contributed by atoms with Gasteiger partial charge in [0.15, 0.2) is 9.84 Å². The summed E-state index contributed by atoms with van der Waals surface area (Å²) in [5.41, 5.74) is -0.577. The monoisotopic (exact) mass is 263 g/mol. The molecule has 0 bridgehead atoms. The Balaban J connectivity index is 2.31. The first-order chi connectivity index (χ1) is 7.77. The molecule has 0 aromatic carbocycles. The average Bonchev–Trinajstić information content (AvgIpc) is 2.56. The first-order valence-corrected chi connectivity index (χ1v) is 7.58. The van der Waals surface area contributed by atoms with Crippen molar-refractivity contribution >= 4 is 15.8 Å². The minimum absolute atomic E-state index is 0.174. The van der Waals surface area contributed by atoms with Gasteiger partial charge in [0.05, 0.1) is 24.0 Å². The SMILES string of the molecule is COC(=O)C(C)(C)CNCC1CCS(=O)(=O)C1. The van der Waals surface area contributed by atoms with Gasteiger partial charge in [-0.05, 0) is 32.7 Å². The molecule has 1 rings (SSSR count). The molecule has 100 valence electrons. The van der Waals surface area contributed by atoms with Gasteiger partial charge in [-0.3, -0.25) is 4.79 Å². The highest BCUT2D eigenvalue weighted by atomic mass is 32.2. The number of nitrogens with one attached hydrogen (secondary N) is 1. The largest absolute Gasteiger partial charge is 0.469 e. The van der Waals surface area contributed by atoms with E-state index in [0.29, 0.717) is 25.3 Å². The van der Waals surface area contributed by atoms with E-state index < -0.39 is 15.3 Å². The minimum atomic E-state index is -2.81. The summed E-state index contributed by atoms with van der Waals surface area (Å²) in [4.78, 5) is 11.4. The molecule has 0 amide bonds. The molecule has 1 N–H and O–H groups in total. The Hall–Kier alpha value is -0.620. The minimum Gasteiger partial charge on any atom is -0.469 e. The zero-order valence-electron chi connectivity index (χ0n) is 10.7. The molecule has 1 unspecified atom stereocenters. The van der Waals surface area contributed by atoms with Crippen LogP contribution < -0.4 is 5.32 Å². The van der Waals surface area contributed by atoms with Crippen LogP contribution in [0.3, 0.4) is 0 Å². The van der Waals surface area contributed by atoms with Crippen molar-refractivity contribution in [3.63, 3.8) is 0 Å². The fraction of sp³-hybridized carbons (Fsp3) is 0.909. The van der Waals surface area contributed by atoms with Gasteiger partial charge in [-0.25, -0.2) is 8.42 Å². The maximum absolute atomic E-state index is 11.4. The zero-order valence-corrected chi connectivity index (χ0v) is 11.5. The third-order valence-corrected chi connectivity index (χ3v) is 4.90. The van der Waals surface area contributed by atoms with E-state index in [-0.39, 0.29) is 17.6 Å². The predicted octanol–water partition coefficient (Wildman–Crippen LogP) is 0.210. The first kappa shape index (κ1) is 14.4. The lowest BCUT2D eigenvalue weighted by molar-refractivity contribution is -0.150. The van der Waals surface area contributed by atoms with E-state index in [9.17, 15) is 13.2 Å². The lowest BCUT2D eigenvalue weighted by Gasteiger charge is -2.22. The number of methoxy groups -OCH3 is 1. The van der Waals surface area contributed by atoms with Gasteiger partial charge in [0, 0.05) is 6.54 Å². The number of esters is 1. The van der Waals surface area contributed by atoms with E-state index in [1.165, 1.54) is 7.11 Å². The second-order valence-corrected chi connectivity index (χ2v) is 7.50. The van der Waals surface area contributed by atoms with Crippen LogP contribution in [0, 0.1) is 11.3 Å². The number of hydrogen-bond acceptors (Lipinski definition) is 5. The van der Waals surface area contributed by atoms with Gasteiger partial charge in [0.2, 0.25) is 0 Å². The first-order valence-electron chi connectivity index (χ1n) is 5.76. The van der Waals surface area contributed by atoms with Crippen LogP contribution in [0.1, 0.15) is 20.3 Å². The molecule has 1 atom stereocenters. The van der Waals surface area contributed by atoms with Crippen LogP contribution in [0.15, 0.2) is 0 Å². The van der Waals surface area contributed by atoms with Crippen molar-refractivity contribution in [2.45, 2.75) is 20.3 Å². The maximum Gasteiger partial charge on any atom is 0.312 e. The van der Waals surface area contributed by atoms with Crippen molar-refractivity contribution in [2.75, 3.05) is 31.7 Å². The predicted molar refractivity (Wildman–Crippen MR) is 65.4 cm³/mol. The summed E-state index contributed by atoms with van der Waals surface area (Å²) in [6.45, 7) is 4.74. The van der Waals surface area contributed by atoms with Crippen molar-refractivity contribution in [2.24, 2.45) is 11.3 Å². The van der Waals surface area contributed by atoms with Gasteiger partial charge < -0.3 is 10.1 Å². The Morgan fingerprint density at radius 3 is 2.59 bits per heavy atom. The standard InChI is InChI=1S/C11H21NO4S/c1-11(2,10(13)16-3)8-12-6-9-4-5-17(14,15)7-9/h9,12H,4-8H2,1-3H3. The summed E-state index contributed by atoms with van der Waals surface area (Å²) in [6, 6.07) is 0. The van der Waals surface area contributed by atoms with Gasteiger partial charge in [0.1, 0.15) is 0 Å². The van der Waals surface area contributed by atoms with Gasteiger partial charge in [0.25, 0.3) is 0 Å². The van der Waals surface area contributed by atoms with E-state index in [2.05, 4.69) is 5.32 Å². The lowest BCUT2D eigenvalue weighted by Crippen LogP contribution is -2.38. The number of ether oxygens (including phenoxy) is 1. The third-order valence-electron chi connectivity index (χ3n) is 3.06. The van der Waals surface area contributed by atoms with Crippen LogP contribution in [0.4, 0.5) is 0 Å².